The van der Waals surface area contributed by atoms with E-state index in [1.54, 1.807) is 11.0 Å². The van der Waals surface area contributed by atoms with Gasteiger partial charge in [0, 0.05) is 13.1 Å². The molecule has 4 heteroatoms. The van der Waals surface area contributed by atoms with E-state index < -0.39 is 5.97 Å². The van der Waals surface area contributed by atoms with Gasteiger partial charge in [0.1, 0.15) is 0 Å². The van der Waals surface area contributed by atoms with Gasteiger partial charge >= 0.3 is 5.97 Å². The Labute approximate surface area is 142 Å². The van der Waals surface area contributed by atoms with E-state index in [1.165, 1.54) is 5.56 Å². The summed E-state index contributed by atoms with van der Waals surface area (Å²) in [7, 11) is 0. The minimum Gasteiger partial charge on any atom is -0.452 e. The minimum absolute atomic E-state index is 0.150. The Hall–Kier alpha value is -2.62. The summed E-state index contributed by atoms with van der Waals surface area (Å²) >= 11 is 0. The quantitative estimate of drug-likeness (QED) is 0.816. The number of esters is 1. The highest BCUT2D eigenvalue weighted by Gasteiger charge is 2.22. The van der Waals surface area contributed by atoms with Gasteiger partial charge in [0.25, 0.3) is 5.91 Å². The molecule has 0 unspecified atom stereocenters. The number of ether oxygens (including phenoxy) is 1. The van der Waals surface area contributed by atoms with Gasteiger partial charge in [-0.1, -0.05) is 42.0 Å². The monoisotopic (exact) mass is 323 g/mol. The first kappa shape index (κ1) is 16.2. The van der Waals surface area contributed by atoms with Gasteiger partial charge in [0.2, 0.25) is 0 Å². The molecule has 0 fully saturated rings. The highest BCUT2D eigenvalue weighted by Crippen LogP contribution is 2.18. The van der Waals surface area contributed by atoms with Crippen LogP contribution in [0.4, 0.5) is 0 Å². The van der Waals surface area contributed by atoms with Crippen LogP contribution in [0.15, 0.2) is 42.5 Å². The van der Waals surface area contributed by atoms with Crippen molar-refractivity contribution >= 4 is 11.9 Å². The lowest BCUT2D eigenvalue weighted by Crippen LogP contribution is -2.38. The van der Waals surface area contributed by atoms with E-state index in [-0.39, 0.29) is 12.5 Å². The zero-order valence-electron chi connectivity index (χ0n) is 14.0. The van der Waals surface area contributed by atoms with Crippen LogP contribution >= 0.6 is 0 Å². The van der Waals surface area contributed by atoms with E-state index in [4.69, 9.17) is 4.74 Å². The highest BCUT2D eigenvalue weighted by atomic mass is 16.5. The van der Waals surface area contributed by atoms with Crippen molar-refractivity contribution in [3.63, 3.8) is 0 Å². The Balaban J connectivity index is 1.60. The Morgan fingerprint density at radius 2 is 1.83 bits per heavy atom. The molecule has 0 N–H and O–H groups in total. The number of nitrogens with zero attached hydrogens (tertiary/aromatic N) is 1. The second kappa shape index (κ2) is 6.87. The molecule has 1 aliphatic heterocycles. The van der Waals surface area contributed by atoms with Crippen molar-refractivity contribution in [3.05, 3.63) is 70.3 Å². The molecule has 0 atom stereocenters. The minimum atomic E-state index is -0.443. The molecule has 3 rings (SSSR count). The number of rotatable bonds is 3. The molecule has 1 amide bonds. The summed E-state index contributed by atoms with van der Waals surface area (Å²) in [5.74, 6) is -0.592. The molecule has 24 heavy (non-hydrogen) atoms. The lowest BCUT2D eigenvalue weighted by Gasteiger charge is -2.28. The van der Waals surface area contributed by atoms with E-state index in [0.717, 1.165) is 23.1 Å². The standard InChI is InChI=1S/C20H21NO3/c1-14-7-8-15(2)18(11-14)20(23)24-13-19(22)21-10-9-16-5-3-4-6-17(16)12-21/h3-8,11H,9-10,12-13H2,1-2H3. The summed E-state index contributed by atoms with van der Waals surface area (Å²) in [5, 5.41) is 0. The normalized spacial score (nSPS) is 13.3. The van der Waals surface area contributed by atoms with Crippen molar-refractivity contribution in [2.45, 2.75) is 26.8 Å². The number of benzene rings is 2. The zero-order chi connectivity index (χ0) is 17.1. The van der Waals surface area contributed by atoms with Crippen molar-refractivity contribution in [1.29, 1.82) is 0 Å². The Kier molecular flexibility index (Phi) is 4.65. The van der Waals surface area contributed by atoms with Crippen molar-refractivity contribution < 1.29 is 14.3 Å². The lowest BCUT2D eigenvalue weighted by atomic mass is 10.00. The van der Waals surface area contributed by atoms with Crippen LogP contribution in [0.1, 0.15) is 32.6 Å². The molecule has 0 aliphatic carbocycles. The topological polar surface area (TPSA) is 46.6 Å². The van der Waals surface area contributed by atoms with E-state index in [2.05, 4.69) is 6.07 Å². The highest BCUT2D eigenvalue weighted by molar-refractivity contribution is 5.92. The molecule has 1 heterocycles. The van der Waals surface area contributed by atoms with E-state index in [0.29, 0.717) is 18.7 Å². The molecule has 2 aromatic carbocycles. The van der Waals surface area contributed by atoms with Crippen LogP contribution in [0.5, 0.6) is 0 Å². The second-order valence-electron chi connectivity index (χ2n) is 6.23. The van der Waals surface area contributed by atoms with Gasteiger partial charge in [-0.2, -0.15) is 0 Å². The average Bonchev–Trinajstić information content (AvgIpc) is 2.61. The SMILES string of the molecule is Cc1ccc(C)c(C(=O)OCC(=O)N2CCc3ccccc3C2)c1. The van der Waals surface area contributed by atoms with Crippen molar-refractivity contribution in [1.82, 2.24) is 4.90 Å². The number of hydrogen-bond donors (Lipinski definition) is 0. The number of carbonyl (C=O) groups excluding carboxylic acids is 2. The first-order valence-electron chi connectivity index (χ1n) is 8.13. The van der Waals surface area contributed by atoms with Crippen LogP contribution < -0.4 is 0 Å². The average molecular weight is 323 g/mol. The van der Waals surface area contributed by atoms with Crippen LogP contribution in [0.2, 0.25) is 0 Å². The molecular formula is C20H21NO3. The van der Waals surface area contributed by atoms with Gasteiger partial charge in [0.05, 0.1) is 5.56 Å². The first-order chi connectivity index (χ1) is 11.5. The third-order valence-corrected chi connectivity index (χ3v) is 4.42. The van der Waals surface area contributed by atoms with Gasteiger partial charge in [-0.3, -0.25) is 4.79 Å². The van der Waals surface area contributed by atoms with Crippen LogP contribution in [-0.2, 0) is 22.5 Å². The summed E-state index contributed by atoms with van der Waals surface area (Å²) in [5.41, 5.74) is 4.81. The van der Waals surface area contributed by atoms with E-state index in [9.17, 15) is 9.59 Å². The summed E-state index contributed by atoms with van der Waals surface area (Å²) < 4.78 is 5.24. The predicted octanol–water partition coefficient (Wildman–Crippen LogP) is 3.05. The number of amides is 1. The van der Waals surface area contributed by atoms with Crippen LogP contribution in [0, 0.1) is 13.8 Å². The molecule has 2 aromatic rings. The fourth-order valence-corrected chi connectivity index (χ4v) is 2.96. The molecule has 124 valence electrons. The number of aryl methyl sites for hydroxylation is 2. The maximum Gasteiger partial charge on any atom is 0.338 e. The predicted molar refractivity (Wildman–Crippen MR) is 91.8 cm³/mol. The number of hydrogen-bond acceptors (Lipinski definition) is 3. The third kappa shape index (κ3) is 3.48. The van der Waals surface area contributed by atoms with Crippen LogP contribution in [0.25, 0.3) is 0 Å². The molecule has 4 nitrogen and oxygen atoms in total. The van der Waals surface area contributed by atoms with Gasteiger partial charge in [0.15, 0.2) is 6.61 Å². The fourth-order valence-electron chi connectivity index (χ4n) is 2.96. The van der Waals surface area contributed by atoms with Crippen molar-refractivity contribution in [2.24, 2.45) is 0 Å². The van der Waals surface area contributed by atoms with Crippen molar-refractivity contribution in [3.8, 4) is 0 Å². The third-order valence-electron chi connectivity index (χ3n) is 4.42. The van der Waals surface area contributed by atoms with Crippen molar-refractivity contribution in [2.75, 3.05) is 13.2 Å². The molecular weight excluding hydrogens is 302 g/mol. The Morgan fingerprint density at radius 1 is 1.08 bits per heavy atom. The van der Waals surface area contributed by atoms with Gasteiger partial charge < -0.3 is 9.64 Å². The Morgan fingerprint density at radius 3 is 2.62 bits per heavy atom. The Bertz CT molecular complexity index is 782. The summed E-state index contributed by atoms with van der Waals surface area (Å²) in [4.78, 5) is 26.3. The smallest absolute Gasteiger partial charge is 0.338 e. The molecule has 1 aliphatic rings. The maximum absolute atomic E-state index is 12.3. The first-order valence-corrected chi connectivity index (χ1v) is 8.13. The largest absolute Gasteiger partial charge is 0.452 e. The molecule has 0 spiro atoms. The molecule has 0 aromatic heterocycles. The molecule has 0 bridgehead atoms. The lowest BCUT2D eigenvalue weighted by molar-refractivity contribution is -0.135. The maximum atomic E-state index is 12.3. The fraction of sp³-hybridized carbons (Fsp3) is 0.300. The van der Waals surface area contributed by atoms with E-state index >= 15 is 0 Å². The van der Waals surface area contributed by atoms with E-state index in [1.807, 2.05) is 44.2 Å². The van der Waals surface area contributed by atoms with Gasteiger partial charge in [-0.05, 0) is 43.0 Å². The molecule has 0 radical (unpaired) electrons. The van der Waals surface area contributed by atoms with Gasteiger partial charge in [-0.15, -0.1) is 0 Å². The molecule has 0 saturated heterocycles. The second-order valence-corrected chi connectivity index (χ2v) is 6.23. The summed E-state index contributed by atoms with van der Waals surface area (Å²) in [6, 6.07) is 13.8. The summed E-state index contributed by atoms with van der Waals surface area (Å²) in [6.07, 6.45) is 0.840. The van der Waals surface area contributed by atoms with Gasteiger partial charge in [-0.25, -0.2) is 4.79 Å². The number of fused-ring (bicyclic) bond motifs is 1. The number of carbonyl (C=O) groups is 2. The van der Waals surface area contributed by atoms with Crippen LogP contribution in [-0.4, -0.2) is 29.9 Å². The van der Waals surface area contributed by atoms with Crippen LogP contribution in [0.3, 0.4) is 0 Å². The zero-order valence-corrected chi connectivity index (χ0v) is 14.0. The summed E-state index contributed by atoms with van der Waals surface area (Å²) in [6.45, 7) is 4.81. The molecule has 0 saturated carbocycles.